The fourth-order valence-electron chi connectivity index (χ4n) is 0.408. The second-order valence-electron chi connectivity index (χ2n) is 1.50. The molecule has 0 spiro atoms. The molecular formula is C4H8N2. The third-order valence-electron chi connectivity index (χ3n) is 1.01. The van der Waals surface area contributed by atoms with Gasteiger partial charge in [0.25, 0.3) is 0 Å². The van der Waals surface area contributed by atoms with E-state index in [0.717, 1.165) is 13.0 Å². The van der Waals surface area contributed by atoms with Gasteiger partial charge in [0.05, 0.1) is 12.6 Å². The highest BCUT2D eigenvalue weighted by Crippen LogP contribution is 2.06. The predicted octanol–water partition coefficient (Wildman–Crippen LogP) is 1.23. The highest BCUT2D eigenvalue weighted by molar-refractivity contribution is 4.70. The van der Waals surface area contributed by atoms with Crippen LogP contribution in [0.5, 0.6) is 0 Å². The molecule has 1 heterocycles. The van der Waals surface area contributed by atoms with E-state index in [9.17, 15) is 0 Å². The van der Waals surface area contributed by atoms with Crippen LogP contribution in [0.1, 0.15) is 13.3 Å². The van der Waals surface area contributed by atoms with Gasteiger partial charge in [-0.3, -0.25) is 0 Å². The molecule has 2 heteroatoms. The lowest BCUT2D eigenvalue weighted by atomic mass is 10.2. The van der Waals surface area contributed by atoms with Gasteiger partial charge in [-0.1, -0.05) is 6.92 Å². The summed E-state index contributed by atoms with van der Waals surface area (Å²) in [5, 5.41) is 7.51. The van der Waals surface area contributed by atoms with E-state index in [1.54, 1.807) is 0 Å². The van der Waals surface area contributed by atoms with Crippen molar-refractivity contribution in [2.24, 2.45) is 10.2 Å². The van der Waals surface area contributed by atoms with Crippen molar-refractivity contribution in [2.75, 3.05) is 6.54 Å². The average Bonchev–Trinajstić information content (AvgIpc) is 1.31. The SMILES string of the molecule is CCC1CN=N1. The number of nitrogens with zero attached hydrogens (tertiary/aromatic N) is 2. The highest BCUT2D eigenvalue weighted by Gasteiger charge is 2.08. The van der Waals surface area contributed by atoms with Gasteiger partial charge in [0.2, 0.25) is 0 Å². The molecule has 0 amide bonds. The van der Waals surface area contributed by atoms with Gasteiger partial charge in [0.1, 0.15) is 0 Å². The lowest BCUT2D eigenvalue weighted by Gasteiger charge is -2.10. The van der Waals surface area contributed by atoms with Gasteiger partial charge in [-0.25, -0.2) is 0 Å². The summed E-state index contributed by atoms with van der Waals surface area (Å²) >= 11 is 0. The zero-order valence-electron chi connectivity index (χ0n) is 3.89. The number of rotatable bonds is 1. The molecule has 1 atom stereocenters. The maximum absolute atomic E-state index is 3.81. The van der Waals surface area contributed by atoms with Gasteiger partial charge >= 0.3 is 0 Å². The minimum Gasteiger partial charge on any atom is -0.192 e. The van der Waals surface area contributed by atoms with Crippen LogP contribution >= 0.6 is 0 Å². The van der Waals surface area contributed by atoms with E-state index in [1.807, 2.05) is 0 Å². The molecule has 2 nitrogen and oxygen atoms in total. The topological polar surface area (TPSA) is 24.7 Å². The quantitative estimate of drug-likeness (QED) is 0.456. The fourth-order valence-corrected chi connectivity index (χ4v) is 0.408. The van der Waals surface area contributed by atoms with Crippen molar-refractivity contribution in [2.45, 2.75) is 19.4 Å². The van der Waals surface area contributed by atoms with Crippen molar-refractivity contribution in [1.82, 2.24) is 0 Å². The molecule has 0 bridgehead atoms. The molecule has 0 saturated carbocycles. The first-order valence-corrected chi connectivity index (χ1v) is 2.30. The minimum absolute atomic E-state index is 0.574. The monoisotopic (exact) mass is 84.1 g/mol. The Morgan fingerprint density at radius 3 is 2.50 bits per heavy atom. The molecule has 1 rings (SSSR count). The molecule has 0 fully saturated rings. The Hall–Kier alpha value is -0.400. The Morgan fingerprint density at radius 2 is 2.50 bits per heavy atom. The molecule has 0 aromatic carbocycles. The average molecular weight is 84.1 g/mol. The molecule has 0 aromatic rings. The van der Waals surface area contributed by atoms with Crippen LogP contribution in [0.15, 0.2) is 10.2 Å². The fraction of sp³-hybridized carbons (Fsp3) is 1.00. The maximum atomic E-state index is 3.81. The summed E-state index contributed by atoms with van der Waals surface area (Å²) in [5.41, 5.74) is 0. The normalized spacial score (nSPS) is 29.8. The zero-order valence-corrected chi connectivity index (χ0v) is 3.89. The molecule has 1 unspecified atom stereocenters. The Bertz CT molecular complexity index is 67.9. The van der Waals surface area contributed by atoms with Crippen LogP contribution in [0.2, 0.25) is 0 Å². The van der Waals surface area contributed by atoms with Crippen LogP contribution in [0.3, 0.4) is 0 Å². The molecule has 6 heavy (non-hydrogen) atoms. The van der Waals surface area contributed by atoms with Gasteiger partial charge in [-0.2, -0.15) is 10.2 Å². The lowest BCUT2D eigenvalue weighted by molar-refractivity contribution is 0.522. The van der Waals surface area contributed by atoms with Crippen molar-refractivity contribution < 1.29 is 0 Å². The minimum atomic E-state index is 0.574. The first-order chi connectivity index (χ1) is 2.93. The van der Waals surface area contributed by atoms with Gasteiger partial charge in [-0.05, 0) is 6.42 Å². The van der Waals surface area contributed by atoms with E-state index in [0.29, 0.717) is 6.04 Å². The van der Waals surface area contributed by atoms with Crippen LogP contribution in [0, 0.1) is 0 Å². The van der Waals surface area contributed by atoms with Crippen molar-refractivity contribution in [3.63, 3.8) is 0 Å². The molecule has 0 aromatic heterocycles. The standard InChI is InChI=1S/C4H8N2/c1-2-4-3-5-6-4/h4H,2-3H2,1H3. The lowest BCUT2D eigenvalue weighted by Crippen LogP contribution is -2.13. The third-order valence-corrected chi connectivity index (χ3v) is 1.01. The van der Waals surface area contributed by atoms with Crippen molar-refractivity contribution in [3.8, 4) is 0 Å². The van der Waals surface area contributed by atoms with Gasteiger partial charge in [0.15, 0.2) is 0 Å². The Kier molecular flexibility index (Phi) is 0.862. The van der Waals surface area contributed by atoms with Gasteiger partial charge < -0.3 is 0 Å². The zero-order chi connectivity index (χ0) is 4.41. The van der Waals surface area contributed by atoms with Crippen LogP contribution in [0.4, 0.5) is 0 Å². The summed E-state index contributed by atoms with van der Waals surface area (Å²) in [4.78, 5) is 0. The van der Waals surface area contributed by atoms with Gasteiger partial charge in [0, 0.05) is 0 Å². The van der Waals surface area contributed by atoms with E-state index in [2.05, 4.69) is 17.2 Å². The second-order valence-corrected chi connectivity index (χ2v) is 1.50. The third kappa shape index (κ3) is 0.421. The molecule has 0 radical (unpaired) electrons. The molecule has 1 aliphatic rings. The summed E-state index contributed by atoms with van der Waals surface area (Å²) in [6.45, 7) is 3.10. The van der Waals surface area contributed by atoms with Crippen molar-refractivity contribution in [1.29, 1.82) is 0 Å². The number of azo groups is 1. The molecule has 0 aliphatic carbocycles. The van der Waals surface area contributed by atoms with Crippen LogP contribution in [-0.2, 0) is 0 Å². The Morgan fingerprint density at radius 1 is 1.83 bits per heavy atom. The molecule has 0 saturated heterocycles. The summed E-state index contributed by atoms with van der Waals surface area (Å²) < 4.78 is 0. The van der Waals surface area contributed by atoms with Crippen LogP contribution in [0.25, 0.3) is 0 Å². The Balaban J connectivity index is 2.21. The second kappa shape index (κ2) is 1.37. The summed E-state index contributed by atoms with van der Waals surface area (Å²) in [7, 11) is 0. The van der Waals surface area contributed by atoms with Crippen LogP contribution in [-0.4, -0.2) is 12.6 Å². The van der Waals surface area contributed by atoms with E-state index >= 15 is 0 Å². The number of hydrogen-bond acceptors (Lipinski definition) is 2. The largest absolute Gasteiger partial charge is 0.192 e. The maximum Gasteiger partial charge on any atom is 0.0918 e. The predicted molar refractivity (Wildman–Crippen MR) is 23.8 cm³/mol. The van der Waals surface area contributed by atoms with Gasteiger partial charge in [-0.15, -0.1) is 0 Å². The van der Waals surface area contributed by atoms with E-state index < -0.39 is 0 Å². The molecule has 1 aliphatic heterocycles. The molecule has 34 valence electrons. The molecule has 0 N–H and O–H groups in total. The first kappa shape index (κ1) is 3.78. The first-order valence-electron chi connectivity index (χ1n) is 2.30. The van der Waals surface area contributed by atoms with E-state index in [4.69, 9.17) is 0 Å². The smallest absolute Gasteiger partial charge is 0.0918 e. The van der Waals surface area contributed by atoms with E-state index in [1.165, 1.54) is 0 Å². The van der Waals surface area contributed by atoms with Crippen LogP contribution < -0.4 is 0 Å². The van der Waals surface area contributed by atoms with Crippen molar-refractivity contribution in [3.05, 3.63) is 0 Å². The molecular weight excluding hydrogens is 76.1 g/mol. The van der Waals surface area contributed by atoms with E-state index in [-0.39, 0.29) is 0 Å². The highest BCUT2D eigenvalue weighted by atomic mass is 15.2. The summed E-state index contributed by atoms with van der Waals surface area (Å²) in [5.74, 6) is 0. The Labute approximate surface area is 37.3 Å². The summed E-state index contributed by atoms with van der Waals surface area (Å²) in [6.07, 6.45) is 1.16. The number of hydrogen-bond donors (Lipinski definition) is 0. The summed E-state index contributed by atoms with van der Waals surface area (Å²) in [6, 6.07) is 0.574. The van der Waals surface area contributed by atoms with Crippen molar-refractivity contribution >= 4 is 0 Å².